The van der Waals surface area contributed by atoms with Crippen LogP contribution in [0.2, 0.25) is 5.02 Å². The van der Waals surface area contributed by atoms with Gasteiger partial charge in [0.25, 0.3) is 11.7 Å². The fourth-order valence-corrected chi connectivity index (χ4v) is 4.58. The number of aryl methyl sites for hydroxylation is 1. The van der Waals surface area contributed by atoms with E-state index < -0.39 is 17.7 Å². The van der Waals surface area contributed by atoms with Crippen LogP contribution in [0.15, 0.2) is 103 Å². The fraction of sp³-hybridized carbons (Fsp3) is 0.100. The summed E-state index contributed by atoms with van der Waals surface area (Å²) in [6.45, 7) is 2.26. The van der Waals surface area contributed by atoms with E-state index in [2.05, 4.69) is 4.98 Å². The first kappa shape index (κ1) is 24.3. The molecule has 1 aromatic heterocycles. The van der Waals surface area contributed by atoms with Gasteiger partial charge in [-0.2, -0.15) is 0 Å². The number of benzene rings is 3. The van der Waals surface area contributed by atoms with Gasteiger partial charge in [0.05, 0.1) is 11.3 Å². The fourth-order valence-electron chi connectivity index (χ4n) is 4.39. The minimum Gasteiger partial charge on any atom is -0.507 e. The van der Waals surface area contributed by atoms with Crippen molar-refractivity contribution in [3.63, 3.8) is 0 Å². The van der Waals surface area contributed by atoms with E-state index in [4.69, 9.17) is 16.3 Å². The molecule has 37 heavy (non-hydrogen) atoms. The summed E-state index contributed by atoms with van der Waals surface area (Å²) in [6.07, 6.45) is 1.58. The van der Waals surface area contributed by atoms with Crippen LogP contribution in [-0.4, -0.2) is 21.8 Å². The third-order valence-corrected chi connectivity index (χ3v) is 6.42. The molecule has 7 heteroatoms. The topological polar surface area (TPSA) is 79.7 Å². The van der Waals surface area contributed by atoms with E-state index in [9.17, 15) is 14.7 Å². The molecule has 184 valence electrons. The predicted octanol–water partition coefficient (Wildman–Crippen LogP) is 6.25. The number of rotatable bonds is 6. The number of carbonyl (C=O) groups excluding carboxylic acids is 2. The molecule has 5 rings (SSSR count). The second-order valence-corrected chi connectivity index (χ2v) is 9.09. The van der Waals surface area contributed by atoms with E-state index in [0.717, 1.165) is 11.1 Å². The van der Waals surface area contributed by atoms with Gasteiger partial charge >= 0.3 is 0 Å². The Labute approximate surface area is 219 Å². The molecule has 0 spiro atoms. The molecule has 1 unspecified atom stereocenters. The molecule has 1 fully saturated rings. The third-order valence-electron chi connectivity index (χ3n) is 6.18. The van der Waals surface area contributed by atoms with Crippen LogP contribution in [0.25, 0.3) is 5.76 Å². The Morgan fingerprint density at radius 3 is 2.46 bits per heavy atom. The van der Waals surface area contributed by atoms with Gasteiger partial charge < -0.3 is 9.84 Å². The average molecular weight is 511 g/mol. The molecule has 0 bridgehead atoms. The van der Waals surface area contributed by atoms with Crippen molar-refractivity contribution in [2.24, 2.45) is 0 Å². The number of pyridine rings is 1. The second kappa shape index (κ2) is 10.3. The van der Waals surface area contributed by atoms with Crippen molar-refractivity contribution in [3.05, 3.63) is 130 Å². The predicted molar refractivity (Wildman–Crippen MR) is 142 cm³/mol. The molecular weight excluding hydrogens is 488 g/mol. The molecule has 1 atom stereocenters. The lowest BCUT2D eigenvalue weighted by atomic mass is 9.97. The number of nitrogens with zero attached hydrogens (tertiary/aromatic N) is 2. The lowest BCUT2D eigenvalue weighted by molar-refractivity contribution is -0.132. The van der Waals surface area contributed by atoms with E-state index in [0.29, 0.717) is 34.3 Å². The second-order valence-electron chi connectivity index (χ2n) is 8.66. The van der Waals surface area contributed by atoms with E-state index in [-0.39, 0.29) is 11.3 Å². The Hall–Kier alpha value is -4.42. The number of ether oxygens (including phenoxy) is 1. The van der Waals surface area contributed by atoms with Gasteiger partial charge in [-0.3, -0.25) is 19.5 Å². The third kappa shape index (κ3) is 4.84. The van der Waals surface area contributed by atoms with Crippen molar-refractivity contribution < 1.29 is 19.4 Å². The smallest absolute Gasteiger partial charge is 0.300 e. The van der Waals surface area contributed by atoms with Gasteiger partial charge in [-0.1, -0.05) is 54.1 Å². The van der Waals surface area contributed by atoms with Gasteiger partial charge in [0, 0.05) is 22.5 Å². The summed E-state index contributed by atoms with van der Waals surface area (Å²) < 4.78 is 5.95. The Kier molecular flexibility index (Phi) is 6.75. The number of ketones is 1. The zero-order chi connectivity index (χ0) is 25.9. The van der Waals surface area contributed by atoms with E-state index >= 15 is 0 Å². The minimum absolute atomic E-state index is 0.0407. The molecule has 4 aromatic rings. The molecule has 1 aliphatic heterocycles. The lowest BCUT2D eigenvalue weighted by Crippen LogP contribution is -2.29. The number of hydrogen-bond acceptors (Lipinski definition) is 5. The van der Waals surface area contributed by atoms with Crippen molar-refractivity contribution >= 4 is 34.7 Å². The first-order valence-corrected chi connectivity index (χ1v) is 12.1. The van der Waals surface area contributed by atoms with Crippen LogP contribution in [0.1, 0.15) is 28.4 Å². The summed E-state index contributed by atoms with van der Waals surface area (Å²) >= 11 is 6.18. The maximum absolute atomic E-state index is 13.3. The summed E-state index contributed by atoms with van der Waals surface area (Å²) in [6, 6.07) is 25.9. The number of carbonyl (C=O) groups is 2. The quantitative estimate of drug-likeness (QED) is 0.188. The number of hydrogen-bond donors (Lipinski definition) is 1. The number of aliphatic hydroxyl groups excluding tert-OH is 1. The number of aromatic nitrogens is 1. The SMILES string of the molecule is Cc1cc(/C(O)=C2\C(=O)C(=O)N(c3cccc(Cl)c3)C2c2ccccn2)ccc1OCc1ccccc1. The summed E-state index contributed by atoms with van der Waals surface area (Å²) in [5.41, 5.74) is 3.05. The Balaban J connectivity index is 1.55. The maximum Gasteiger partial charge on any atom is 0.300 e. The minimum atomic E-state index is -0.922. The molecule has 2 heterocycles. The number of halogens is 1. The zero-order valence-corrected chi connectivity index (χ0v) is 20.7. The molecular formula is C30H23ClN2O4. The van der Waals surface area contributed by atoms with Crippen LogP contribution in [-0.2, 0) is 16.2 Å². The molecule has 1 aliphatic rings. The van der Waals surface area contributed by atoms with Crippen molar-refractivity contribution in [1.82, 2.24) is 4.98 Å². The Morgan fingerprint density at radius 2 is 1.76 bits per heavy atom. The molecule has 6 nitrogen and oxygen atoms in total. The summed E-state index contributed by atoms with van der Waals surface area (Å²) in [5, 5.41) is 11.8. The largest absolute Gasteiger partial charge is 0.507 e. The van der Waals surface area contributed by atoms with Crippen LogP contribution < -0.4 is 9.64 Å². The van der Waals surface area contributed by atoms with Gasteiger partial charge in [0.15, 0.2) is 0 Å². The molecule has 1 saturated heterocycles. The average Bonchev–Trinajstić information content (AvgIpc) is 3.18. The number of aliphatic hydroxyl groups is 1. The molecule has 0 radical (unpaired) electrons. The highest BCUT2D eigenvalue weighted by Crippen LogP contribution is 2.42. The first-order valence-electron chi connectivity index (χ1n) is 11.7. The maximum atomic E-state index is 13.3. The number of amides is 1. The van der Waals surface area contributed by atoms with Gasteiger partial charge in [-0.25, -0.2) is 0 Å². The Morgan fingerprint density at radius 1 is 0.973 bits per heavy atom. The summed E-state index contributed by atoms with van der Waals surface area (Å²) in [5.74, 6) is -1.19. The zero-order valence-electron chi connectivity index (χ0n) is 20.0. The number of anilines is 1. The van der Waals surface area contributed by atoms with E-state index in [1.807, 2.05) is 37.3 Å². The standard InChI is InChI=1S/C30H23ClN2O4/c1-19-16-21(13-14-25(19)37-18-20-8-3-2-4-9-20)28(34)26-27(24-12-5-6-15-32-24)33(30(36)29(26)35)23-11-7-10-22(31)17-23/h2-17,27,34H,18H2,1H3/b28-26+. The number of Topliss-reactive ketones (excluding diaryl/α,β-unsaturated/α-hetero) is 1. The van der Waals surface area contributed by atoms with Crippen molar-refractivity contribution in [2.45, 2.75) is 19.6 Å². The van der Waals surface area contributed by atoms with Gasteiger partial charge in [0.1, 0.15) is 24.2 Å². The molecule has 0 aliphatic carbocycles. The first-order chi connectivity index (χ1) is 17.9. The van der Waals surface area contributed by atoms with Gasteiger partial charge in [-0.05, 0) is 66.6 Å². The van der Waals surface area contributed by atoms with E-state index in [1.165, 1.54) is 4.90 Å². The van der Waals surface area contributed by atoms with Crippen LogP contribution in [0.4, 0.5) is 5.69 Å². The normalized spacial score (nSPS) is 16.7. The van der Waals surface area contributed by atoms with Crippen LogP contribution in [0.5, 0.6) is 5.75 Å². The van der Waals surface area contributed by atoms with Crippen LogP contribution in [0, 0.1) is 6.92 Å². The van der Waals surface area contributed by atoms with Crippen molar-refractivity contribution in [2.75, 3.05) is 4.90 Å². The van der Waals surface area contributed by atoms with Crippen LogP contribution in [0.3, 0.4) is 0 Å². The van der Waals surface area contributed by atoms with Gasteiger partial charge in [-0.15, -0.1) is 0 Å². The molecule has 0 saturated carbocycles. The lowest BCUT2D eigenvalue weighted by Gasteiger charge is -2.24. The summed E-state index contributed by atoms with van der Waals surface area (Å²) in [7, 11) is 0. The monoisotopic (exact) mass is 510 g/mol. The molecule has 1 N–H and O–H groups in total. The molecule has 3 aromatic carbocycles. The van der Waals surface area contributed by atoms with Crippen molar-refractivity contribution in [3.8, 4) is 5.75 Å². The molecule has 1 amide bonds. The summed E-state index contributed by atoms with van der Waals surface area (Å²) in [4.78, 5) is 32.2. The van der Waals surface area contributed by atoms with E-state index in [1.54, 1.807) is 66.9 Å². The highest BCUT2D eigenvalue weighted by molar-refractivity contribution is 6.51. The Bertz CT molecular complexity index is 1500. The van der Waals surface area contributed by atoms with Gasteiger partial charge in [0.2, 0.25) is 0 Å². The van der Waals surface area contributed by atoms with Crippen molar-refractivity contribution in [1.29, 1.82) is 0 Å². The van der Waals surface area contributed by atoms with Crippen LogP contribution >= 0.6 is 11.6 Å². The highest BCUT2D eigenvalue weighted by atomic mass is 35.5. The highest BCUT2D eigenvalue weighted by Gasteiger charge is 2.47.